The quantitative estimate of drug-likeness (QED) is 0.652. The highest BCUT2D eigenvalue weighted by molar-refractivity contribution is 4.68. The molecule has 0 saturated carbocycles. The largest absolute Gasteiger partial charge is 0.393 e. The Labute approximate surface area is 70.8 Å². The van der Waals surface area contributed by atoms with Gasteiger partial charge in [0.05, 0.1) is 6.10 Å². The highest BCUT2D eigenvalue weighted by Crippen LogP contribution is 2.23. The van der Waals surface area contributed by atoms with Crippen molar-refractivity contribution in [3.8, 4) is 0 Å². The van der Waals surface area contributed by atoms with Gasteiger partial charge in [0.25, 0.3) is 0 Å². The zero-order valence-corrected chi connectivity index (χ0v) is 8.30. The normalized spacial score (nSPS) is 19.4. The zero-order valence-electron chi connectivity index (χ0n) is 8.30. The monoisotopic (exact) mass is 158 g/mol. The summed E-state index contributed by atoms with van der Waals surface area (Å²) in [7, 11) is 0. The van der Waals surface area contributed by atoms with Crippen molar-refractivity contribution in [2.75, 3.05) is 0 Å². The van der Waals surface area contributed by atoms with Gasteiger partial charge in [0, 0.05) is 0 Å². The molecule has 0 spiro atoms. The van der Waals surface area contributed by atoms with E-state index in [1.54, 1.807) is 0 Å². The number of hydrogen-bond donors (Lipinski definition) is 1. The average Bonchev–Trinajstić information content (AvgIpc) is 1.98. The Bertz CT molecular complexity index is 88.9. The molecule has 0 radical (unpaired) electrons. The van der Waals surface area contributed by atoms with Crippen molar-refractivity contribution in [1.82, 2.24) is 0 Å². The minimum Gasteiger partial charge on any atom is -0.393 e. The van der Waals surface area contributed by atoms with Crippen molar-refractivity contribution in [2.45, 2.75) is 53.1 Å². The van der Waals surface area contributed by atoms with Crippen LogP contribution >= 0.6 is 0 Å². The van der Waals surface area contributed by atoms with Crippen molar-refractivity contribution in [3.05, 3.63) is 0 Å². The summed E-state index contributed by atoms with van der Waals surface area (Å²) in [5.74, 6) is 1.17. The van der Waals surface area contributed by atoms with Crippen molar-refractivity contribution < 1.29 is 5.11 Å². The van der Waals surface area contributed by atoms with Gasteiger partial charge in [-0.1, -0.05) is 40.0 Å². The van der Waals surface area contributed by atoms with Crippen LogP contribution in [0.5, 0.6) is 0 Å². The maximum atomic E-state index is 9.35. The first-order valence-corrected chi connectivity index (χ1v) is 4.81. The predicted octanol–water partition coefficient (Wildman–Crippen LogP) is 2.83. The van der Waals surface area contributed by atoms with E-state index < -0.39 is 0 Å². The van der Waals surface area contributed by atoms with Crippen LogP contribution in [0.4, 0.5) is 0 Å². The lowest BCUT2D eigenvalue weighted by atomic mass is 9.85. The van der Waals surface area contributed by atoms with Gasteiger partial charge in [-0.15, -0.1) is 0 Å². The summed E-state index contributed by atoms with van der Waals surface area (Å²) in [6, 6.07) is 0. The fourth-order valence-corrected chi connectivity index (χ4v) is 1.60. The maximum absolute atomic E-state index is 9.35. The lowest BCUT2D eigenvalue weighted by Gasteiger charge is -2.24. The molecular weight excluding hydrogens is 136 g/mol. The lowest BCUT2D eigenvalue weighted by Crippen LogP contribution is -2.22. The minimum atomic E-state index is -0.147. The highest BCUT2D eigenvalue weighted by atomic mass is 16.3. The Kier molecular flexibility index (Phi) is 5.57. The van der Waals surface area contributed by atoms with Crippen LogP contribution < -0.4 is 0 Å². The summed E-state index contributed by atoms with van der Waals surface area (Å²) in [5.41, 5.74) is 0. The molecule has 1 nitrogen and oxygen atoms in total. The first kappa shape index (κ1) is 11.0. The second-order valence-corrected chi connectivity index (χ2v) is 3.56. The molecule has 0 heterocycles. The second kappa shape index (κ2) is 5.59. The van der Waals surface area contributed by atoms with Gasteiger partial charge in [-0.25, -0.2) is 0 Å². The average molecular weight is 158 g/mol. The van der Waals surface area contributed by atoms with Crippen LogP contribution in [0.3, 0.4) is 0 Å². The third-order valence-corrected chi connectivity index (χ3v) is 2.69. The van der Waals surface area contributed by atoms with Crippen LogP contribution in [0.25, 0.3) is 0 Å². The Hall–Kier alpha value is -0.0400. The van der Waals surface area contributed by atoms with E-state index in [1.807, 2.05) is 6.92 Å². The SMILES string of the molecule is CCCC(CC)C(C)C(C)O. The van der Waals surface area contributed by atoms with E-state index in [0.29, 0.717) is 11.8 Å². The molecule has 0 bridgehead atoms. The van der Waals surface area contributed by atoms with E-state index >= 15 is 0 Å². The van der Waals surface area contributed by atoms with Gasteiger partial charge < -0.3 is 5.11 Å². The van der Waals surface area contributed by atoms with Gasteiger partial charge in [0.15, 0.2) is 0 Å². The third-order valence-electron chi connectivity index (χ3n) is 2.69. The van der Waals surface area contributed by atoms with Crippen LogP contribution in [0, 0.1) is 11.8 Å². The molecule has 0 amide bonds. The molecule has 0 aromatic carbocycles. The molecule has 3 atom stereocenters. The zero-order chi connectivity index (χ0) is 8.85. The van der Waals surface area contributed by atoms with Crippen molar-refractivity contribution >= 4 is 0 Å². The summed E-state index contributed by atoms with van der Waals surface area (Å²) in [6.45, 7) is 8.45. The van der Waals surface area contributed by atoms with E-state index in [2.05, 4.69) is 20.8 Å². The topological polar surface area (TPSA) is 20.2 Å². The van der Waals surface area contributed by atoms with Crippen LogP contribution in [-0.4, -0.2) is 11.2 Å². The molecular formula is C10H22O. The molecule has 0 fully saturated rings. The minimum absolute atomic E-state index is 0.147. The predicted molar refractivity (Wildman–Crippen MR) is 49.5 cm³/mol. The molecule has 3 unspecified atom stereocenters. The van der Waals surface area contributed by atoms with E-state index in [0.717, 1.165) is 0 Å². The summed E-state index contributed by atoms with van der Waals surface area (Å²) >= 11 is 0. The van der Waals surface area contributed by atoms with Crippen LogP contribution in [0.1, 0.15) is 47.0 Å². The summed E-state index contributed by atoms with van der Waals surface area (Å²) in [5, 5.41) is 9.35. The molecule has 0 aliphatic rings. The number of rotatable bonds is 5. The maximum Gasteiger partial charge on any atom is 0.0540 e. The van der Waals surface area contributed by atoms with E-state index in [1.165, 1.54) is 19.3 Å². The standard InChI is InChI=1S/C10H22O/c1-5-7-10(6-2)8(3)9(4)11/h8-11H,5-7H2,1-4H3. The fraction of sp³-hybridized carbons (Fsp3) is 1.00. The Morgan fingerprint density at radius 3 is 2.00 bits per heavy atom. The summed E-state index contributed by atoms with van der Waals surface area (Å²) < 4.78 is 0. The molecule has 0 aromatic rings. The van der Waals surface area contributed by atoms with Gasteiger partial charge in [0.2, 0.25) is 0 Å². The first-order chi connectivity index (χ1) is 5.13. The fourth-order valence-electron chi connectivity index (χ4n) is 1.60. The van der Waals surface area contributed by atoms with Crippen molar-refractivity contribution in [2.24, 2.45) is 11.8 Å². The van der Waals surface area contributed by atoms with Crippen LogP contribution in [0.15, 0.2) is 0 Å². The number of hydrogen-bond acceptors (Lipinski definition) is 1. The van der Waals surface area contributed by atoms with Crippen LogP contribution in [0.2, 0.25) is 0 Å². The number of aliphatic hydroxyl groups is 1. The number of aliphatic hydroxyl groups excluding tert-OH is 1. The molecule has 1 N–H and O–H groups in total. The molecule has 0 rings (SSSR count). The molecule has 0 saturated heterocycles. The lowest BCUT2D eigenvalue weighted by molar-refractivity contribution is 0.0931. The molecule has 0 aliphatic heterocycles. The van der Waals surface area contributed by atoms with Gasteiger partial charge in [-0.2, -0.15) is 0 Å². The van der Waals surface area contributed by atoms with Gasteiger partial charge in [-0.05, 0) is 18.8 Å². The Morgan fingerprint density at radius 2 is 1.73 bits per heavy atom. The third kappa shape index (κ3) is 3.76. The van der Waals surface area contributed by atoms with E-state index in [4.69, 9.17) is 0 Å². The second-order valence-electron chi connectivity index (χ2n) is 3.56. The van der Waals surface area contributed by atoms with Crippen LogP contribution in [-0.2, 0) is 0 Å². The van der Waals surface area contributed by atoms with Gasteiger partial charge in [0.1, 0.15) is 0 Å². The highest BCUT2D eigenvalue weighted by Gasteiger charge is 2.18. The van der Waals surface area contributed by atoms with Crippen molar-refractivity contribution in [3.63, 3.8) is 0 Å². The van der Waals surface area contributed by atoms with E-state index in [-0.39, 0.29) is 6.10 Å². The Morgan fingerprint density at radius 1 is 1.18 bits per heavy atom. The first-order valence-electron chi connectivity index (χ1n) is 4.81. The van der Waals surface area contributed by atoms with Gasteiger partial charge in [-0.3, -0.25) is 0 Å². The van der Waals surface area contributed by atoms with E-state index in [9.17, 15) is 5.11 Å². The molecule has 0 aromatic heterocycles. The summed E-state index contributed by atoms with van der Waals surface area (Å²) in [6.07, 6.45) is 3.53. The van der Waals surface area contributed by atoms with Gasteiger partial charge >= 0.3 is 0 Å². The Balaban J connectivity index is 3.81. The summed E-state index contributed by atoms with van der Waals surface area (Å²) in [4.78, 5) is 0. The molecule has 0 aliphatic carbocycles. The molecule has 68 valence electrons. The van der Waals surface area contributed by atoms with Crippen molar-refractivity contribution in [1.29, 1.82) is 0 Å². The molecule has 1 heteroatoms. The smallest absolute Gasteiger partial charge is 0.0540 e. The molecule has 11 heavy (non-hydrogen) atoms.